The van der Waals surface area contributed by atoms with Crippen LogP contribution in [0.1, 0.15) is 38.8 Å². The Labute approximate surface area is 151 Å². The number of piperazine rings is 1. The zero-order chi connectivity index (χ0) is 17.8. The first-order valence-corrected chi connectivity index (χ1v) is 9.56. The highest BCUT2D eigenvalue weighted by Crippen LogP contribution is 2.28. The molecule has 0 aromatic carbocycles. The summed E-state index contributed by atoms with van der Waals surface area (Å²) >= 11 is 0. The van der Waals surface area contributed by atoms with Crippen molar-refractivity contribution >= 4 is 18.0 Å². The fraction of sp³-hybridized carbons (Fsp3) is 0.600. The summed E-state index contributed by atoms with van der Waals surface area (Å²) < 4.78 is 0. The lowest BCUT2D eigenvalue weighted by Gasteiger charge is -2.37. The fourth-order valence-corrected chi connectivity index (χ4v) is 3.67. The molecule has 0 spiro atoms. The fourth-order valence-electron chi connectivity index (χ4n) is 3.67. The van der Waals surface area contributed by atoms with Crippen LogP contribution < -0.4 is 15.8 Å². The van der Waals surface area contributed by atoms with E-state index in [1.807, 2.05) is 14.0 Å². The molecule has 5 nitrogen and oxygen atoms in total. The number of aryl methyl sites for hydroxylation is 1. The number of rotatable bonds is 5. The summed E-state index contributed by atoms with van der Waals surface area (Å²) in [5, 5.41) is 14.1. The van der Waals surface area contributed by atoms with Gasteiger partial charge in [-0.3, -0.25) is 4.90 Å². The molecular weight excluding hydrogens is 310 g/mol. The number of hydrogen-bond donors (Lipinski definition) is 1. The third kappa shape index (κ3) is 4.03. The van der Waals surface area contributed by atoms with Gasteiger partial charge in [-0.15, -0.1) is 5.10 Å². The first kappa shape index (κ1) is 17.9. The highest BCUT2D eigenvalue weighted by Gasteiger charge is 2.31. The second-order valence-electron chi connectivity index (χ2n) is 6.94. The Morgan fingerprint density at radius 2 is 1.88 bits per heavy atom. The Kier molecular flexibility index (Phi) is 5.74. The van der Waals surface area contributed by atoms with Crippen LogP contribution in [0, 0.1) is 6.92 Å². The lowest BCUT2D eigenvalue weighted by atomic mass is 10.1. The van der Waals surface area contributed by atoms with Crippen molar-refractivity contribution in [2.45, 2.75) is 46.1 Å². The van der Waals surface area contributed by atoms with Crippen LogP contribution in [-0.2, 0) is 0 Å². The van der Waals surface area contributed by atoms with E-state index in [-0.39, 0.29) is 0 Å². The topological polar surface area (TPSA) is 44.3 Å². The van der Waals surface area contributed by atoms with Gasteiger partial charge in [-0.1, -0.05) is 19.1 Å². The number of anilines is 1. The summed E-state index contributed by atoms with van der Waals surface area (Å²) in [6, 6.07) is 0.869. The normalized spacial score (nSPS) is 21.1. The van der Waals surface area contributed by atoms with E-state index in [0.29, 0.717) is 0 Å². The molecular formula is C20H31N5. The molecule has 0 radical (unpaired) electrons. The summed E-state index contributed by atoms with van der Waals surface area (Å²) in [5.41, 5.74) is 2.28. The van der Waals surface area contributed by atoms with E-state index in [1.54, 1.807) is 0 Å². The van der Waals surface area contributed by atoms with E-state index in [4.69, 9.17) is 0 Å². The maximum atomic E-state index is 4.34. The van der Waals surface area contributed by atoms with Crippen LogP contribution in [0.2, 0.25) is 0 Å². The predicted octanol–water partition coefficient (Wildman–Crippen LogP) is 1.48. The van der Waals surface area contributed by atoms with E-state index >= 15 is 0 Å². The summed E-state index contributed by atoms with van der Waals surface area (Å²) in [4.78, 5) is 5.18. The Morgan fingerprint density at radius 1 is 1.16 bits per heavy atom. The van der Waals surface area contributed by atoms with Crippen LogP contribution in [0.3, 0.4) is 0 Å². The molecule has 1 aromatic heterocycles. The van der Waals surface area contributed by atoms with Crippen molar-refractivity contribution in [3.63, 3.8) is 0 Å². The van der Waals surface area contributed by atoms with Crippen LogP contribution in [-0.4, -0.2) is 59.3 Å². The van der Waals surface area contributed by atoms with Gasteiger partial charge in [0.2, 0.25) is 0 Å². The van der Waals surface area contributed by atoms with E-state index in [0.717, 1.165) is 47.5 Å². The molecule has 1 aliphatic heterocycles. The van der Waals surface area contributed by atoms with Gasteiger partial charge in [0.05, 0.1) is 5.69 Å². The molecule has 136 valence electrons. The number of hydrogen-bond acceptors (Lipinski definition) is 5. The van der Waals surface area contributed by atoms with Crippen molar-refractivity contribution in [1.29, 1.82) is 0 Å². The van der Waals surface area contributed by atoms with Gasteiger partial charge in [-0.2, -0.15) is 5.10 Å². The molecule has 1 aliphatic carbocycles. The van der Waals surface area contributed by atoms with Gasteiger partial charge in [-0.25, -0.2) is 0 Å². The summed E-state index contributed by atoms with van der Waals surface area (Å²) in [6.45, 7) is 10.9. The number of allylic oxidation sites excluding steroid dienone is 2. The number of aromatic nitrogens is 2. The van der Waals surface area contributed by atoms with E-state index in [2.05, 4.69) is 57.4 Å². The van der Waals surface area contributed by atoms with E-state index < -0.39 is 0 Å². The van der Waals surface area contributed by atoms with Gasteiger partial charge in [0.1, 0.15) is 0 Å². The van der Waals surface area contributed by atoms with Crippen molar-refractivity contribution in [2.75, 3.05) is 38.5 Å². The van der Waals surface area contributed by atoms with Gasteiger partial charge >= 0.3 is 0 Å². The molecule has 2 fully saturated rings. The lowest BCUT2D eigenvalue weighted by molar-refractivity contribution is 0.156. The number of nitrogens with zero attached hydrogens (tertiary/aromatic N) is 4. The van der Waals surface area contributed by atoms with Crippen LogP contribution in [0.4, 0.5) is 5.82 Å². The minimum absolute atomic E-state index is 0.845. The summed E-state index contributed by atoms with van der Waals surface area (Å²) in [5.74, 6) is 0.845. The number of nitrogens with one attached hydrogen (secondary N) is 1. The van der Waals surface area contributed by atoms with E-state index in [9.17, 15) is 0 Å². The molecule has 5 heteroatoms. The summed E-state index contributed by atoms with van der Waals surface area (Å²) in [7, 11) is 1.91. The third-order valence-corrected chi connectivity index (χ3v) is 5.21. The molecule has 0 bridgehead atoms. The zero-order valence-electron chi connectivity index (χ0n) is 16.0. The highest BCUT2D eigenvalue weighted by molar-refractivity contribution is 5.54. The molecule has 0 unspecified atom stereocenters. The SMILES string of the molecule is C/C=c1/c(C)nnc(NC)/c1=C/C(=C/CC)N1CCN(C2CC2)CC1. The molecule has 0 amide bonds. The second kappa shape index (κ2) is 8.00. The molecule has 25 heavy (non-hydrogen) atoms. The Balaban J connectivity index is 1.93. The lowest BCUT2D eigenvalue weighted by Crippen LogP contribution is -2.46. The van der Waals surface area contributed by atoms with Crippen LogP contribution in [0.15, 0.2) is 11.8 Å². The molecule has 1 aromatic rings. The van der Waals surface area contributed by atoms with Crippen molar-refractivity contribution in [3.05, 3.63) is 27.9 Å². The molecule has 0 atom stereocenters. The monoisotopic (exact) mass is 341 g/mol. The van der Waals surface area contributed by atoms with Crippen LogP contribution in [0.25, 0.3) is 12.2 Å². The average Bonchev–Trinajstić information content (AvgIpc) is 3.47. The quantitative estimate of drug-likeness (QED) is 0.879. The molecule has 1 saturated heterocycles. The first-order valence-electron chi connectivity index (χ1n) is 9.56. The highest BCUT2D eigenvalue weighted by atomic mass is 15.3. The van der Waals surface area contributed by atoms with Gasteiger partial charge < -0.3 is 10.2 Å². The minimum Gasteiger partial charge on any atom is -0.371 e. The maximum Gasteiger partial charge on any atom is 0.156 e. The molecule has 3 rings (SSSR count). The molecule has 2 aliphatic rings. The summed E-state index contributed by atoms with van der Waals surface area (Å²) in [6.07, 6.45) is 10.6. The second-order valence-corrected chi connectivity index (χ2v) is 6.94. The predicted molar refractivity (Wildman–Crippen MR) is 105 cm³/mol. The van der Waals surface area contributed by atoms with Gasteiger partial charge in [-0.05, 0) is 39.2 Å². The minimum atomic E-state index is 0.845. The smallest absolute Gasteiger partial charge is 0.156 e. The van der Waals surface area contributed by atoms with E-state index in [1.165, 1.54) is 31.6 Å². The molecule has 1 saturated carbocycles. The third-order valence-electron chi connectivity index (χ3n) is 5.21. The van der Waals surface area contributed by atoms with Crippen molar-refractivity contribution in [1.82, 2.24) is 20.0 Å². The molecule has 2 heterocycles. The first-order chi connectivity index (χ1) is 12.2. The van der Waals surface area contributed by atoms with Crippen molar-refractivity contribution in [3.8, 4) is 0 Å². The van der Waals surface area contributed by atoms with Gasteiger partial charge in [0.15, 0.2) is 5.82 Å². The van der Waals surface area contributed by atoms with Crippen LogP contribution >= 0.6 is 0 Å². The Hall–Kier alpha value is -1.88. The van der Waals surface area contributed by atoms with Gasteiger partial charge in [0, 0.05) is 55.4 Å². The standard InChI is InChI=1S/C20H31N5/c1-5-7-17(25-12-10-24(11-13-25)16-8-9-16)14-19-18(6-2)15(3)22-23-20(19)21-4/h6-7,14,16H,5,8-13H2,1-4H3,(H,21,23)/b17-7-,18-6-,19-14+. The maximum absolute atomic E-state index is 4.34. The Bertz CT molecular complexity index is 740. The average molecular weight is 342 g/mol. The van der Waals surface area contributed by atoms with Crippen LogP contribution in [0.5, 0.6) is 0 Å². The zero-order valence-corrected chi connectivity index (χ0v) is 16.0. The van der Waals surface area contributed by atoms with Crippen molar-refractivity contribution in [2.24, 2.45) is 0 Å². The Morgan fingerprint density at radius 3 is 2.44 bits per heavy atom. The molecule has 1 N–H and O–H groups in total. The van der Waals surface area contributed by atoms with Gasteiger partial charge in [0.25, 0.3) is 0 Å². The largest absolute Gasteiger partial charge is 0.371 e. The van der Waals surface area contributed by atoms with Crippen molar-refractivity contribution < 1.29 is 0 Å².